The van der Waals surface area contributed by atoms with Gasteiger partial charge in [0.1, 0.15) is 5.60 Å². The van der Waals surface area contributed by atoms with E-state index in [2.05, 4.69) is 43.7 Å². The largest absolute Gasteiger partial charge is 0.458 e. The second-order valence-electron chi connectivity index (χ2n) is 9.72. The number of carbonyl (C=O) groups is 2. The van der Waals surface area contributed by atoms with Gasteiger partial charge in [0.25, 0.3) is 5.91 Å². The smallest absolute Gasteiger partial charge is 0.303 e. The van der Waals surface area contributed by atoms with E-state index < -0.39 is 5.60 Å². The molecule has 4 rings (SSSR count). The molecule has 1 saturated heterocycles. The van der Waals surface area contributed by atoms with Crippen molar-refractivity contribution in [2.75, 3.05) is 25.0 Å². The fourth-order valence-corrected chi connectivity index (χ4v) is 4.25. The van der Waals surface area contributed by atoms with Crippen molar-refractivity contribution in [3.05, 3.63) is 72.1 Å². The number of ether oxygens (including phenoxy) is 1. The summed E-state index contributed by atoms with van der Waals surface area (Å²) in [7, 11) is 0. The summed E-state index contributed by atoms with van der Waals surface area (Å²) in [5, 5.41) is 6.09. The normalized spacial score (nSPS) is 13.9. The summed E-state index contributed by atoms with van der Waals surface area (Å²) in [6, 6.07) is 15.6. The highest BCUT2D eigenvalue weighted by molar-refractivity contribution is 5.94. The Morgan fingerprint density at radius 2 is 1.69 bits per heavy atom. The Morgan fingerprint density at radius 3 is 2.36 bits per heavy atom. The van der Waals surface area contributed by atoms with E-state index in [4.69, 9.17) is 4.74 Å². The molecule has 1 aromatic heterocycles. The number of carbonyl (C=O) groups excluding carboxylic acids is 2. The van der Waals surface area contributed by atoms with Crippen LogP contribution in [-0.4, -0.2) is 52.0 Å². The van der Waals surface area contributed by atoms with Crippen LogP contribution in [0.5, 0.6) is 0 Å². The van der Waals surface area contributed by atoms with Crippen LogP contribution in [0, 0.1) is 0 Å². The number of anilines is 2. The van der Waals surface area contributed by atoms with Gasteiger partial charge in [-0.1, -0.05) is 24.3 Å². The number of hydrogen-bond donors (Lipinski definition) is 2. The maximum atomic E-state index is 12.5. The van der Waals surface area contributed by atoms with Crippen molar-refractivity contribution < 1.29 is 14.3 Å². The van der Waals surface area contributed by atoms with Crippen LogP contribution in [0.2, 0.25) is 0 Å². The first-order chi connectivity index (χ1) is 17.3. The van der Waals surface area contributed by atoms with Crippen LogP contribution in [-0.2, 0) is 16.1 Å². The minimum atomic E-state index is -0.774. The Hall–Kier alpha value is -3.78. The Balaban J connectivity index is 1.34. The summed E-state index contributed by atoms with van der Waals surface area (Å²) in [6.07, 6.45) is 6.09. The molecule has 3 aromatic rings. The quantitative estimate of drug-likeness (QED) is 0.427. The topological polar surface area (TPSA) is 96.4 Å². The lowest BCUT2D eigenvalue weighted by Crippen LogP contribution is -2.41. The zero-order chi connectivity index (χ0) is 25.5. The summed E-state index contributed by atoms with van der Waals surface area (Å²) in [4.78, 5) is 35.1. The van der Waals surface area contributed by atoms with Gasteiger partial charge in [0.2, 0.25) is 5.95 Å². The van der Waals surface area contributed by atoms with E-state index in [9.17, 15) is 9.59 Å². The Morgan fingerprint density at radius 1 is 1.00 bits per heavy atom. The molecule has 1 aliphatic heterocycles. The van der Waals surface area contributed by atoms with Gasteiger partial charge in [-0.05, 0) is 75.2 Å². The highest BCUT2D eigenvalue weighted by Gasteiger charge is 2.22. The number of esters is 1. The fraction of sp³-hybridized carbons (Fsp3) is 0.357. The number of rotatable bonds is 9. The van der Waals surface area contributed by atoms with E-state index in [1.165, 1.54) is 38.4 Å². The van der Waals surface area contributed by atoms with Crippen LogP contribution < -0.4 is 10.6 Å². The van der Waals surface area contributed by atoms with Crippen molar-refractivity contribution in [3.8, 4) is 11.1 Å². The molecule has 0 aliphatic carbocycles. The van der Waals surface area contributed by atoms with Gasteiger partial charge in [-0.3, -0.25) is 14.5 Å². The number of amides is 1. The van der Waals surface area contributed by atoms with Gasteiger partial charge in [0.05, 0.1) is 6.54 Å². The Labute approximate surface area is 212 Å². The van der Waals surface area contributed by atoms with Gasteiger partial charge in [0, 0.05) is 42.7 Å². The van der Waals surface area contributed by atoms with Crippen LogP contribution in [0.4, 0.5) is 11.6 Å². The lowest BCUT2D eigenvalue weighted by atomic mass is 10.1. The molecule has 8 heteroatoms. The fourth-order valence-electron chi connectivity index (χ4n) is 4.25. The lowest BCUT2D eigenvalue weighted by molar-refractivity contribution is -0.153. The molecule has 0 unspecified atom stereocenters. The molecule has 0 radical (unpaired) electrons. The molecule has 2 N–H and O–H groups in total. The summed E-state index contributed by atoms with van der Waals surface area (Å²) in [5.74, 6) is -0.0823. The first-order valence-corrected chi connectivity index (χ1v) is 12.3. The zero-order valence-corrected chi connectivity index (χ0v) is 21.1. The van der Waals surface area contributed by atoms with Crippen molar-refractivity contribution in [1.29, 1.82) is 0 Å². The maximum absolute atomic E-state index is 12.5. The number of aromatic nitrogens is 2. The van der Waals surface area contributed by atoms with Gasteiger partial charge in [-0.15, -0.1) is 0 Å². The Bertz CT molecular complexity index is 1190. The predicted molar refractivity (Wildman–Crippen MR) is 140 cm³/mol. The van der Waals surface area contributed by atoms with E-state index in [1.807, 2.05) is 18.2 Å². The molecule has 0 atom stereocenters. The minimum Gasteiger partial charge on any atom is -0.458 e. The van der Waals surface area contributed by atoms with E-state index in [0.717, 1.165) is 23.4 Å². The van der Waals surface area contributed by atoms with Crippen LogP contribution >= 0.6 is 0 Å². The highest BCUT2D eigenvalue weighted by atomic mass is 16.6. The molecule has 188 valence electrons. The Kier molecular flexibility index (Phi) is 7.95. The molecule has 1 fully saturated rings. The summed E-state index contributed by atoms with van der Waals surface area (Å²) >= 11 is 0. The summed E-state index contributed by atoms with van der Waals surface area (Å²) in [6.45, 7) is 8.37. The van der Waals surface area contributed by atoms with E-state index >= 15 is 0 Å². The van der Waals surface area contributed by atoms with Crippen molar-refractivity contribution >= 4 is 23.5 Å². The van der Waals surface area contributed by atoms with Gasteiger partial charge in [-0.2, -0.15) is 0 Å². The van der Waals surface area contributed by atoms with Crippen molar-refractivity contribution in [2.45, 2.75) is 45.8 Å². The second kappa shape index (κ2) is 11.3. The monoisotopic (exact) mass is 487 g/mol. The molecule has 0 bridgehead atoms. The van der Waals surface area contributed by atoms with Gasteiger partial charge >= 0.3 is 5.97 Å². The summed E-state index contributed by atoms with van der Waals surface area (Å²) in [5.41, 5.74) is 3.75. The van der Waals surface area contributed by atoms with E-state index in [0.29, 0.717) is 11.5 Å². The standard InChI is InChI=1S/C28H33N5O3/c1-20(34)36-28(2,3)19-31-26(35)23-11-9-22(10-12-23)24-16-29-27(30-17-24)32-25-8-6-7-21(15-25)18-33-13-4-5-14-33/h6-12,15-17H,4-5,13-14,18-19H2,1-3H3,(H,31,35)(H,29,30,32). The van der Waals surface area contributed by atoms with Crippen LogP contribution in [0.15, 0.2) is 60.9 Å². The highest BCUT2D eigenvalue weighted by Crippen LogP contribution is 2.21. The van der Waals surface area contributed by atoms with E-state index in [1.54, 1.807) is 38.4 Å². The first kappa shape index (κ1) is 25.3. The predicted octanol–water partition coefficient (Wildman–Crippen LogP) is 4.55. The average Bonchev–Trinajstić information content (AvgIpc) is 3.36. The third kappa shape index (κ3) is 7.11. The van der Waals surface area contributed by atoms with Gasteiger partial charge in [-0.25, -0.2) is 9.97 Å². The van der Waals surface area contributed by atoms with Crippen LogP contribution in [0.1, 0.15) is 49.5 Å². The molecule has 2 aromatic carbocycles. The number of nitrogens with zero attached hydrogens (tertiary/aromatic N) is 3. The lowest BCUT2D eigenvalue weighted by Gasteiger charge is -2.24. The molecule has 0 saturated carbocycles. The molecule has 2 heterocycles. The number of nitrogens with one attached hydrogen (secondary N) is 2. The third-order valence-corrected chi connectivity index (χ3v) is 6.01. The SMILES string of the molecule is CC(=O)OC(C)(C)CNC(=O)c1ccc(-c2cnc(Nc3cccc(CN4CCCC4)c3)nc2)cc1. The molecule has 8 nitrogen and oxygen atoms in total. The second-order valence-corrected chi connectivity index (χ2v) is 9.72. The van der Waals surface area contributed by atoms with Crippen LogP contribution in [0.3, 0.4) is 0 Å². The van der Waals surface area contributed by atoms with Gasteiger partial charge < -0.3 is 15.4 Å². The molecular weight excluding hydrogens is 454 g/mol. The molecular formula is C28H33N5O3. The number of benzene rings is 2. The van der Waals surface area contributed by atoms with Crippen LogP contribution in [0.25, 0.3) is 11.1 Å². The summed E-state index contributed by atoms with van der Waals surface area (Å²) < 4.78 is 5.21. The first-order valence-electron chi connectivity index (χ1n) is 12.3. The zero-order valence-electron chi connectivity index (χ0n) is 21.1. The van der Waals surface area contributed by atoms with E-state index in [-0.39, 0.29) is 18.4 Å². The van der Waals surface area contributed by atoms with Crippen molar-refractivity contribution in [3.63, 3.8) is 0 Å². The number of likely N-dealkylation sites (tertiary alicyclic amines) is 1. The number of hydrogen-bond acceptors (Lipinski definition) is 7. The van der Waals surface area contributed by atoms with Crippen molar-refractivity contribution in [2.24, 2.45) is 0 Å². The average molecular weight is 488 g/mol. The molecule has 36 heavy (non-hydrogen) atoms. The molecule has 0 spiro atoms. The molecule has 1 aliphatic rings. The molecule has 1 amide bonds. The third-order valence-electron chi connectivity index (χ3n) is 6.01. The van der Waals surface area contributed by atoms with Crippen molar-refractivity contribution in [1.82, 2.24) is 20.2 Å². The minimum absolute atomic E-state index is 0.219. The van der Waals surface area contributed by atoms with Gasteiger partial charge in [0.15, 0.2) is 0 Å². The maximum Gasteiger partial charge on any atom is 0.303 e.